The highest BCUT2D eigenvalue weighted by atomic mass is 32.1. The van der Waals surface area contributed by atoms with Crippen LogP contribution in [0.25, 0.3) is 0 Å². The Balaban J connectivity index is 2.26. The van der Waals surface area contributed by atoms with Crippen LogP contribution in [0.1, 0.15) is 39.0 Å². The maximum atomic E-state index is 12.4. The lowest BCUT2D eigenvalue weighted by atomic mass is 10.2. The van der Waals surface area contributed by atoms with Gasteiger partial charge < -0.3 is 9.88 Å². The molecule has 1 atom stereocenters. The largest absolute Gasteiger partial charge is 0.332 e. The zero-order valence-electron chi connectivity index (χ0n) is 11.9. The van der Waals surface area contributed by atoms with Crippen molar-refractivity contribution in [2.24, 2.45) is 0 Å². The molecule has 0 spiro atoms. The Morgan fingerprint density at radius 2 is 2.10 bits per heavy atom. The molecular weight excluding hydrogens is 274 g/mol. The van der Waals surface area contributed by atoms with E-state index in [0.29, 0.717) is 0 Å². The molecule has 0 aliphatic carbocycles. The van der Waals surface area contributed by atoms with Crippen LogP contribution in [0.15, 0.2) is 23.0 Å². The number of pyridine rings is 1. The van der Waals surface area contributed by atoms with Crippen LogP contribution in [0, 0.1) is 13.8 Å². The fourth-order valence-electron chi connectivity index (χ4n) is 2.05. The minimum Gasteiger partial charge on any atom is -0.332 e. The average Bonchev–Trinajstić information content (AvgIpc) is 2.75. The fourth-order valence-corrected chi connectivity index (χ4v) is 2.96. The van der Waals surface area contributed by atoms with Gasteiger partial charge in [0.2, 0.25) is 5.56 Å². The minimum atomic E-state index is -0.280. The Labute approximate surface area is 121 Å². The summed E-state index contributed by atoms with van der Waals surface area (Å²) >= 11 is 1.62. The van der Waals surface area contributed by atoms with Crippen molar-refractivity contribution in [3.05, 3.63) is 49.8 Å². The first-order chi connectivity index (χ1) is 9.40. The van der Waals surface area contributed by atoms with E-state index in [-0.39, 0.29) is 23.2 Å². The normalized spacial score (nSPS) is 12.2. The molecule has 0 saturated carbocycles. The molecule has 20 heavy (non-hydrogen) atoms. The summed E-state index contributed by atoms with van der Waals surface area (Å²) in [5.41, 5.74) is 0.913. The molecule has 1 amide bonds. The van der Waals surface area contributed by atoms with Gasteiger partial charge in [0.05, 0.1) is 16.7 Å². The number of H-pyrrole nitrogens is 1. The van der Waals surface area contributed by atoms with E-state index in [1.54, 1.807) is 35.4 Å². The van der Waals surface area contributed by atoms with Crippen molar-refractivity contribution in [1.29, 1.82) is 0 Å². The van der Waals surface area contributed by atoms with Crippen molar-refractivity contribution in [2.45, 2.75) is 26.8 Å². The number of hydrogen-bond acceptors (Lipinski definition) is 4. The van der Waals surface area contributed by atoms with Gasteiger partial charge >= 0.3 is 0 Å². The molecular formula is C14H17N3O2S. The Morgan fingerprint density at radius 3 is 2.65 bits per heavy atom. The summed E-state index contributed by atoms with van der Waals surface area (Å²) in [7, 11) is 1.71. The summed E-state index contributed by atoms with van der Waals surface area (Å²) in [4.78, 5) is 33.4. The van der Waals surface area contributed by atoms with Gasteiger partial charge in [-0.1, -0.05) is 6.07 Å². The van der Waals surface area contributed by atoms with Crippen molar-refractivity contribution >= 4 is 17.2 Å². The van der Waals surface area contributed by atoms with Gasteiger partial charge in [0.15, 0.2) is 0 Å². The first-order valence-electron chi connectivity index (χ1n) is 6.30. The molecule has 2 aromatic heterocycles. The quantitative estimate of drug-likeness (QED) is 0.943. The summed E-state index contributed by atoms with van der Waals surface area (Å²) < 4.78 is 0. The van der Waals surface area contributed by atoms with Crippen LogP contribution in [0.5, 0.6) is 0 Å². The van der Waals surface area contributed by atoms with E-state index in [2.05, 4.69) is 9.97 Å². The Morgan fingerprint density at radius 1 is 1.40 bits per heavy atom. The number of aromatic nitrogens is 2. The van der Waals surface area contributed by atoms with Gasteiger partial charge in [-0.25, -0.2) is 4.98 Å². The zero-order chi connectivity index (χ0) is 14.9. The van der Waals surface area contributed by atoms with Gasteiger partial charge in [-0.05, 0) is 26.8 Å². The molecule has 2 heterocycles. The lowest BCUT2D eigenvalue weighted by molar-refractivity contribution is 0.0733. The Hall–Kier alpha value is -1.95. The first kappa shape index (κ1) is 14.5. The molecule has 1 N–H and O–H groups in total. The second-order valence-corrected chi connectivity index (χ2v) is 6.10. The van der Waals surface area contributed by atoms with Gasteiger partial charge in [-0.2, -0.15) is 0 Å². The third-order valence-electron chi connectivity index (χ3n) is 3.24. The van der Waals surface area contributed by atoms with Crippen LogP contribution in [0.2, 0.25) is 0 Å². The maximum absolute atomic E-state index is 12.4. The average molecular weight is 291 g/mol. The van der Waals surface area contributed by atoms with E-state index in [1.165, 1.54) is 6.07 Å². The Bertz CT molecular complexity index is 690. The number of hydrogen-bond donors (Lipinski definition) is 1. The standard InChI is InChI=1S/C14H17N3O2S/c1-8(13-9(2)20-10(3)15-13)17(4)14(19)11-6-5-7-12(18)16-11/h5-8H,1-4H3,(H,16,18)/t8-/m1/s1. The minimum absolute atomic E-state index is 0.142. The highest BCUT2D eigenvalue weighted by molar-refractivity contribution is 7.11. The molecule has 2 aromatic rings. The number of aryl methyl sites for hydroxylation is 2. The van der Waals surface area contributed by atoms with Gasteiger partial charge in [0, 0.05) is 18.0 Å². The number of carbonyl (C=O) groups excluding carboxylic acids is 1. The third-order valence-corrected chi connectivity index (χ3v) is 4.14. The van der Waals surface area contributed by atoms with Crippen LogP contribution < -0.4 is 5.56 Å². The lowest BCUT2D eigenvalue weighted by Crippen LogP contribution is -2.31. The molecule has 0 unspecified atom stereocenters. The molecule has 106 valence electrons. The summed E-state index contributed by atoms with van der Waals surface area (Å²) in [6, 6.07) is 4.42. The highest BCUT2D eigenvalue weighted by Crippen LogP contribution is 2.26. The SMILES string of the molecule is Cc1nc([C@@H](C)N(C)C(=O)c2cccc(=O)[nH]2)c(C)s1. The molecule has 0 fully saturated rings. The zero-order valence-corrected chi connectivity index (χ0v) is 12.7. The molecule has 0 bridgehead atoms. The van der Waals surface area contributed by atoms with Gasteiger partial charge in [0.25, 0.3) is 5.91 Å². The van der Waals surface area contributed by atoms with E-state index < -0.39 is 0 Å². The molecule has 0 saturated heterocycles. The molecule has 0 aliphatic rings. The third kappa shape index (κ3) is 2.80. The summed E-state index contributed by atoms with van der Waals surface area (Å²) in [6.07, 6.45) is 0. The van der Waals surface area contributed by atoms with Gasteiger partial charge in [0.1, 0.15) is 5.69 Å². The number of rotatable bonds is 3. The molecule has 0 radical (unpaired) electrons. The van der Waals surface area contributed by atoms with E-state index in [9.17, 15) is 9.59 Å². The molecule has 0 aromatic carbocycles. The summed E-state index contributed by atoms with van der Waals surface area (Å²) in [6.45, 7) is 5.88. The second kappa shape index (κ2) is 5.58. The van der Waals surface area contributed by atoms with Crippen molar-refractivity contribution in [1.82, 2.24) is 14.9 Å². The Kier molecular flexibility index (Phi) is 4.04. The van der Waals surface area contributed by atoms with E-state index >= 15 is 0 Å². The highest BCUT2D eigenvalue weighted by Gasteiger charge is 2.23. The fraction of sp³-hybridized carbons (Fsp3) is 0.357. The van der Waals surface area contributed by atoms with Gasteiger partial charge in [-0.15, -0.1) is 11.3 Å². The summed E-state index contributed by atoms with van der Waals surface area (Å²) in [5, 5.41) is 0.985. The monoisotopic (exact) mass is 291 g/mol. The van der Waals surface area contributed by atoms with Crippen LogP contribution >= 0.6 is 11.3 Å². The smallest absolute Gasteiger partial charge is 0.270 e. The number of nitrogens with one attached hydrogen (secondary N) is 1. The predicted molar refractivity (Wildman–Crippen MR) is 79.2 cm³/mol. The van der Waals surface area contributed by atoms with E-state index in [4.69, 9.17) is 0 Å². The van der Waals surface area contributed by atoms with E-state index in [1.807, 2.05) is 20.8 Å². The second-order valence-electron chi connectivity index (χ2n) is 4.70. The van der Waals surface area contributed by atoms with Crippen LogP contribution in [-0.4, -0.2) is 27.8 Å². The van der Waals surface area contributed by atoms with Crippen molar-refractivity contribution in [2.75, 3.05) is 7.05 Å². The lowest BCUT2D eigenvalue weighted by Gasteiger charge is -2.24. The van der Waals surface area contributed by atoms with Crippen molar-refractivity contribution in [3.8, 4) is 0 Å². The number of aromatic amines is 1. The first-order valence-corrected chi connectivity index (χ1v) is 7.12. The number of thiazole rings is 1. The topological polar surface area (TPSA) is 66.1 Å². The maximum Gasteiger partial charge on any atom is 0.270 e. The van der Waals surface area contributed by atoms with Gasteiger partial charge in [-0.3, -0.25) is 9.59 Å². The van der Waals surface area contributed by atoms with Crippen LogP contribution in [0.4, 0.5) is 0 Å². The van der Waals surface area contributed by atoms with Crippen molar-refractivity contribution in [3.63, 3.8) is 0 Å². The molecule has 0 aliphatic heterocycles. The molecule has 6 heteroatoms. The number of nitrogens with zero attached hydrogens (tertiary/aromatic N) is 2. The molecule has 2 rings (SSSR count). The van der Waals surface area contributed by atoms with Crippen LogP contribution in [-0.2, 0) is 0 Å². The number of carbonyl (C=O) groups is 1. The molecule has 5 nitrogen and oxygen atoms in total. The predicted octanol–water partition coefficient (Wildman–Crippen LogP) is 2.28. The van der Waals surface area contributed by atoms with E-state index in [0.717, 1.165) is 15.6 Å². The van der Waals surface area contributed by atoms with Crippen molar-refractivity contribution < 1.29 is 4.79 Å². The number of amides is 1. The van der Waals surface area contributed by atoms with Crippen LogP contribution in [0.3, 0.4) is 0 Å². The summed E-state index contributed by atoms with van der Waals surface area (Å²) in [5.74, 6) is -0.222.